The van der Waals surface area contributed by atoms with Gasteiger partial charge in [-0.25, -0.2) is 9.18 Å². The van der Waals surface area contributed by atoms with Crippen LogP contribution in [0.2, 0.25) is 0 Å². The summed E-state index contributed by atoms with van der Waals surface area (Å²) in [7, 11) is 0. The number of aliphatic carboxylic acids is 1. The van der Waals surface area contributed by atoms with Crippen LogP contribution in [0.15, 0.2) is 22.7 Å². The molecule has 0 spiro atoms. The maximum Gasteiger partial charge on any atom is 0.344 e. The summed E-state index contributed by atoms with van der Waals surface area (Å²) < 4.78 is 19.2. The van der Waals surface area contributed by atoms with Gasteiger partial charge < -0.3 is 9.84 Å². The van der Waals surface area contributed by atoms with Crippen molar-refractivity contribution in [3.63, 3.8) is 0 Å². The van der Waals surface area contributed by atoms with Crippen molar-refractivity contribution in [3.05, 3.63) is 28.5 Å². The molecule has 1 aromatic carbocycles. The fraction of sp³-hybridized carbons (Fsp3) is 0.417. The zero-order chi connectivity index (χ0) is 12.8. The zero-order valence-corrected chi connectivity index (χ0v) is 11.0. The van der Waals surface area contributed by atoms with Crippen LogP contribution in [0.1, 0.15) is 26.2 Å². The number of unbranched alkanes of at least 4 members (excludes halogenated alkanes) is 1. The number of benzene rings is 1. The average molecular weight is 305 g/mol. The number of hydrogen-bond acceptors (Lipinski definition) is 2. The summed E-state index contributed by atoms with van der Waals surface area (Å²) >= 11 is 3.12. The molecule has 1 aromatic rings. The fourth-order valence-electron chi connectivity index (χ4n) is 1.35. The molecule has 1 rings (SSSR count). The van der Waals surface area contributed by atoms with Gasteiger partial charge >= 0.3 is 5.97 Å². The van der Waals surface area contributed by atoms with E-state index in [4.69, 9.17) is 9.84 Å². The Kier molecular flexibility index (Phi) is 5.41. The van der Waals surface area contributed by atoms with Crippen LogP contribution in [-0.4, -0.2) is 17.2 Å². The Morgan fingerprint density at radius 2 is 2.29 bits per heavy atom. The van der Waals surface area contributed by atoms with Crippen LogP contribution >= 0.6 is 15.9 Å². The van der Waals surface area contributed by atoms with Crippen LogP contribution in [0, 0.1) is 5.82 Å². The molecule has 0 amide bonds. The monoisotopic (exact) mass is 304 g/mol. The lowest BCUT2D eigenvalue weighted by Gasteiger charge is -2.15. The minimum Gasteiger partial charge on any atom is -0.479 e. The molecule has 0 aliphatic carbocycles. The Hall–Kier alpha value is -1.10. The molecule has 0 heterocycles. The van der Waals surface area contributed by atoms with E-state index in [0.717, 1.165) is 12.8 Å². The van der Waals surface area contributed by atoms with Gasteiger partial charge in [-0.3, -0.25) is 0 Å². The van der Waals surface area contributed by atoms with Gasteiger partial charge in [0.1, 0.15) is 0 Å². The van der Waals surface area contributed by atoms with Crippen molar-refractivity contribution < 1.29 is 19.0 Å². The van der Waals surface area contributed by atoms with E-state index in [1.54, 1.807) is 6.07 Å². The van der Waals surface area contributed by atoms with Crippen molar-refractivity contribution in [1.82, 2.24) is 0 Å². The average Bonchev–Trinajstić information content (AvgIpc) is 2.26. The highest BCUT2D eigenvalue weighted by Crippen LogP contribution is 2.23. The number of ether oxygens (including phenoxy) is 1. The van der Waals surface area contributed by atoms with Crippen molar-refractivity contribution in [2.45, 2.75) is 32.3 Å². The molecule has 0 aliphatic heterocycles. The van der Waals surface area contributed by atoms with Gasteiger partial charge in [-0.05, 0) is 31.0 Å². The first-order valence-corrected chi connectivity index (χ1v) is 6.18. The largest absolute Gasteiger partial charge is 0.479 e. The minimum atomic E-state index is -1.07. The predicted octanol–water partition coefficient (Wildman–Crippen LogP) is 3.61. The molecule has 94 valence electrons. The SMILES string of the molecule is CCCCC(Oc1ccc(Br)cc1F)C(=O)O. The minimum absolute atomic E-state index is 0.0308. The normalized spacial score (nSPS) is 12.2. The Balaban J connectivity index is 2.75. The number of carboxylic acid groups (broad SMARTS) is 1. The van der Waals surface area contributed by atoms with E-state index >= 15 is 0 Å². The van der Waals surface area contributed by atoms with Crippen LogP contribution in [0.3, 0.4) is 0 Å². The number of carbonyl (C=O) groups is 1. The van der Waals surface area contributed by atoms with Crippen molar-refractivity contribution in [2.75, 3.05) is 0 Å². The quantitative estimate of drug-likeness (QED) is 0.873. The van der Waals surface area contributed by atoms with E-state index in [-0.39, 0.29) is 5.75 Å². The van der Waals surface area contributed by atoms with Crippen molar-refractivity contribution in [2.24, 2.45) is 0 Å². The van der Waals surface area contributed by atoms with Gasteiger partial charge in [0.25, 0.3) is 0 Å². The van der Waals surface area contributed by atoms with Crippen LogP contribution in [0.4, 0.5) is 4.39 Å². The molecule has 1 atom stereocenters. The van der Waals surface area contributed by atoms with Gasteiger partial charge in [-0.2, -0.15) is 0 Å². The molecule has 1 N–H and O–H groups in total. The number of carboxylic acids is 1. The number of rotatable bonds is 6. The molecule has 17 heavy (non-hydrogen) atoms. The van der Waals surface area contributed by atoms with Crippen LogP contribution in [-0.2, 0) is 4.79 Å². The summed E-state index contributed by atoms with van der Waals surface area (Å²) in [6.07, 6.45) is 0.984. The number of halogens is 2. The summed E-state index contributed by atoms with van der Waals surface area (Å²) in [6.45, 7) is 1.96. The molecular weight excluding hydrogens is 291 g/mol. The van der Waals surface area contributed by atoms with Crippen LogP contribution < -0.4 is 4.74 Å². The molecule has 3 nitrogen and oxygen atoms in total. The Morgan fingerprint density at radius 1 is 1.59 bits per heavy atom. The van der Waals surface area contributed by atoms with E-state index in [1.165, 1.54) is 12.1 Å². The first-order valence-electron chi connectivity index (χ1n) is 5.39. The van der Waals surface area contributed by atoms with E-state index in [2.05, 4.69) is 15.9 Å². The van der Waals surface area contributed by atoms with Crippen molar-refractivity contribution >= 4 is 21.9 Å². The van der Waals surface area contributed by atoms with Gasteiger partial charge in [-0.15, -0.1) is 0 Å². The topological polar surface area (TPSA) is 46.5 Å². The molecule has 0 aliphatic rings. The lowest BCUT2D eigenvalue weighted by atomic mass is 10.1. The third-order valence-electron chi connectivity index (χ3n) is 2.26. The third-order valence-corrected chi connectivity index (χ3v) is 2.75. The lowest BCUT2D eigenvalue weighted by molar-refractivity contribution is -0.145. The highest BCUT2D eigenvalue weighted by atomic mass is 79.9. The molecule has 0 radical (unpaired) electrons. The van der Waals surface area contributed by atoms with Gasteiger partial charge in [-0.1, -0.05) is 29.3 Å². The summed E-state index contributed by atoms with van der Waals surface area (Å²) in [6, 6.07) is 4.27. The molecule has 0 saturated heterocycles. The smallest absolute Gasteiger partial charge is 0.344 e. The second-order valence-corrected chi connectivity index (χ2v) is 4.58. The van der Waals surface area contributed by atoms with E-state index in [1.807, 2.05) is 6.92 Å². The predicted molar refractivity (Wildman–Crippen MR) is 65.7 cm³/mol. The lowest BCUT2D eigenvalue weighted by Crippen LogP contribution is -2.27. The Bertz CT molecular complexity index is 395. The van der Waals surface area contributed by atoms with Crippen molar-refractivity contribution in [3.8, 4) is 5.75 Å². The van der Waals surface area contributed by atoms with Gasteiger partial charge in [0.15, 0.2) is 17.7 Å². The van der Waals surface area contributed by atoms with E-state index in [0.29, 0.717) is 10.9 Å². The highest BCUT2D eigenvalue weighted by Gasteiger charge is 2.20. The summed E-state index contributed by atoms with van der Waals surface area (Å²) in [4.78, 5) is 10.9. The molecule has 0 bridgehead atoms. The first kappa shape index (κ1) is 14.0. The molecule has 5 heteroatoms. The number of hydrogen-bond donors (Lipinski definition) is 1. The second kappa shape index (κ2) is 6.59. The van der Waals surface area contributed by atoms with Crippen LogP contribution in [0.25, 0.3) is 0 Å². The third kappa shape index (κ3) is 4.34. The van der Waals surface area contributed by atoms with E-state index in [9.17, 15) is 9.18 Å². The summed E-state index contributed by atoms with van der Waals surface area (Å²) in [5, 5.41) is 8.95. The first-order chi connectivity index (χ1) is 8.04. The molecule has 0 saturated carbocycles. The summed E-state index contributed by atoms with van der Waals surface area (Å²) in [5.74, 6) is -1.67. The van der Waals surface area contributed by atoms with Gasteiger partial charge in [0.05, 0.1) is 0 Å². The Morgan fingerprint density at radius 3 is 2.82 bits per heavy atom. The molecular formula is C12H14BrFO3. The van der Waals surface area contributed by atoms with Gasteiger partial charge in [0.2, 0.25) is 0 Å². The van der Waals surface area contributed by atoms with Crippen LogP contribution in [0.5, 0.6) is 5.75 Å². The molecule has 1 unspecified atom stereocenters. The standard InChI is InChI=1S/C12H14BrFO3/c1-2-3-4-11(12(15)16)17-10-6-5-8(13)7-9(10)14/h5-7,11H,2-4H2,1H3,(H,15,16). The van der Waals surface area contributed by atoms with Crippen molar-refractivity contribution in [1.29, 1.82) is 0 Å². The fourth-order valence-corrected chi connectivity index (χ4v) is 1.68. The second-order valence-electron chi connectivity index (χ2n) is 3.66. The zero-order valence-electron chi connectivity index (χ0n) is 9.45. The molecule has 0 aromatic heterocycles. The van der Waals surface area contributed by atoms with Gasteiger partial charge in [0, 0.05) is 4.47 Å². The highest BCUT2D eigenvalue weighted by molar-refractivity contribution is 9.10. The maximum absolute atomic E-state index is 13.4. The maximum atomic E-state index is 13.4. The summed E-state index contributed by atoms with van der Waals surface area (Å²) in [5.41, 5.74) is 0. The Labute approximate surface area is 108 Å². The molecule has 0 fully saturated rings. The van der Waals surface area contributed by atoms with E-state index < -0.39 is 17.9 Å².